The third kappa shape index (κ3) is 11.8. The summed E-state index contributed by atoms with van der Waals surface area (Å²) in [6.07, 6.45) is 15.2. The highest BCUT2D eigenvalue weighted by Crippen LogP contribution is 2.01. The van der Waals surface area contributed by atoms with Gasteiger partial charge in [0.25, 0.3) is 0 Å². The van der Waals surface area contributed by atoms with Crippen LogP contribution in [-0.2, 0) is 0 Å². The molecule has 0 aliphatic carbocycles. The van der Waals surface area contributed by atoms with E-state index in [1.807, 2.05) is 6.08 Å². The van der Waals surface area contributed by atoms with Gasteiger partial charge in [-0.15, -0.1) is 0 Å². The molecule has 0 aromatic heterocycles. The average molecular weight is 275 g/mol. The van der Waals surface area contributed by atoms with Crippen LogP contribution < -0.4 is 0 Å². The Bertz CT molecular complexity index is 175. The molecule has 0 radical (unpaired) electrons. The number of rotatable bonds is 9. The molecule has 0 fully saturated rings. The molecule has 0 saturated heterocycles. The van der Waals surface area contributed by atoms with E-state index in [1.165, 1.54) is 25.7 Å². The summed E-state index contributed by atoms with van der Waals surface area (Å²) >= 11 is 3.23. The van der Waals surface area contributed by atoms with E-state index in [1.54, 1.807) is 0 Å². The molecule has 1 unspecified atom stereocenters. The molecule has 0 saturated carbocycles. The summed E-state index contributed by atoms with van der Waals surface area (Å²) in [4.78, 5) is 0. The first-order chi connectivity index (χ1) is 7.31. The third-order valence-electron chi connectivity index (χ3n) is 2.17. The van der Waals surface area contributed by atoms with E-state index in [2.05, 4.69) is 41.1 Å². The first-order valence-corrected chi connectivity index (χ1v) is 6.97. The molecular formula is C13H23BrO. The van der Waals surface area contributed by atoms with E-state index in [0.29, 0.717) is 5.33 Å². The van der Waals surface area contributed by atoms with Crippen LogP contribution in [0.25, 0.3) is 0 Å². The Morgan fingerprint density at radius 2 is 1.87 bits per heavy atom. The smallest absolute Gasteiger partial charge is 0.0671 e. The normalized spacial score (nSPS) is 14.1. The van der Waals surface area contributed by atoms with Gasteiger partial charge < -0.3 is 5.11 Å². The lowest BCUT2D eigenvalue weighted by Crippen LogP contribution is -2.04. The molecule has 0 amide bonds. The largest absolute Gasteiger partial charge is 0.392 e. The molecule has 2 heteroatoms. The molecule has 88 valence electrons. The topological polar surface area (TPSA) is 20.2 Å². The summed E-state index contributed by atoms with van der Waals surface area (Å²) in [7, 11) is 0. The minimum absolute atomic E-state index is 0.241. The van der Waals surface area contributed by atoms with Crippen molar-refractivity contribution in [3.05, 3.63) is 24.3 Å². The average Bonchev–Trinajstić information content (AvgIpc) is 2.26. The Morgan fingerprint density at radius 1 is 1.13 bits per heavy atom. The SMILES string of the molecule is CCCCC/C=C\C/C=C\CC(O)CBr. The lowest BCUT2D eigenvalue weighted by Gasteiger charge is -1.99. The molecule has 0 heterocycles. The van der Waals surface area contributed by atoms with Crippen LogP contribution >= 0.6 is 15.9 Å². The van der Waals surface area contributed by atoms with Crippen LogP contribution in [0.3, 0.4) is 0 Å². The predicted octanol–water partition coefficient (Wildman–Crippen LogP) is 4.22. The summed E-state index contributed by atoms with van der Waals surface area (Å²) in [6, 6.07) is 0. The molecule has 15 heavy (non-hydrogen) atoms. The van der Waals surface area contributed by atoms with Crippen LogP contribution in [0.4, 0.5) is 0 Å². The van der Waals surface area contributed by atoms with Crippen molar-refractivity contribution in [3.8, 4) is 0 Å². The molecule has 0 rings (SSSR count). The maximum Gasteiger partial charge on any atom is 0.0671 e. The second kappa shape index (κ2) is 12.0. The standard InChI is InChI=1S/C13H23BrO/c1-2-3-4-5-6-7-8-9-10-11-13(15)12-14/h6-7,9-10,13,15H,2-5,8,11-12H2,1H3/b7-6-,10-9-. The molecular weight excluding hydrogens is 252 g/mol. The van der Waals surface area contributed by atoms with Gasteiger partial charge in [-0.25, -0.2) is 0 Å². The van der Waals surface area contributed by atoms with Crippen molar-refractivity contribution < 1.29 is 5.11 Å². The van der Waals surface area contributed by atoms with E-state index in [-0.39, 0.29) is 6.10 Å². The zero-order chi connectivity index (χ0) is 11.4. The fourth-order valence-corrected chi connectivity index (χ4v) is 1.48. The number of unbranched alkanes of at least 4 members (excludes halogenated alkanes) is 3. The zero-order valence-corrected chi connectivity index (χ0v) is 11.2. The minimum Gasteiger partial charge on any atom is -0.392 e. The Morgan fingerprint density at radius 3 is 2.53 bits per heavy atom. The molecule has 0 aliphatic rings. The van der Waals surface area contributed by atoms with Crippen molar-refractivity contribution in [2.75, 3.05) is 5.33 Å². The van der Waals surface area contributed by atoms with Crippen LogP contribution in [0.15, 0.2) is 24.3 Å². The number of aliphatic hydroxyl groups is 1. The molecule has 0 aliphatic heterocycles. The van der Waals surface area contributed by atoms with E-state index in [4.69, 9.17) is 0 Å². The first kappa shape index (κ1) is 14.9. The highest BCUT2D eigenvalue weighted by atomic mass is 79.9. The summed E-state index contributed by atoms with van der Waals surface area (Å²) in [6.45, 7) is 2.22. The van der Waals surface area contributed by atoms with E-state index < -0.39 is 0 Å². The molecule has 1 atom stereocenters. The zero-order valence-electron chi connectivity index (χ0n) is 9.66. The fraction of sp³-hybridized carbons (Fsp3) is 0.692. The Balaban J connectivity index is 3.28. The van der Waals surface area contributed by atoms with E-state index in [0.717, 1.165) is 12.8 Å². The van der Waals surface area contributed by atoms with Gasteiger partial charge in [-0.1, -0.05) is 60.0 Å². The van der Waals surface area contributed by atoms with E-state index in [9.17, 15) is 5.11 Å². The van der Waals surface area contributed by atoms with Crippen LogP contribution in [0.1, 0.15) is 45.4 Å². The number of hydrogen-bond donors (Lipinski definition) is 1. The van der Waals surface area contributed by atoms with Crippen molar-refractivity contribution in [1.29, 1.82) is 0 Å². The Kier molecular flexibility index (Phi) is 11.9. The van der Waals surface area contributed by atoms with Gasteiger partial charge in [0.05, 0.1) is 6.10 Å². The number of allylic oxidation sites excluding steroid dienone is 3. The summed E-state index contributed by atoms with van der Waals surface area (Å²) in [5.74, 6) is 0. The number of hydrogen-bond acceptors (Lipinski definition) is 1. The monoisotopic (exact) mass is 274 g/mol. The molecule has 1 N–H and O–H groups in total. The van der Waals surface area contributed by atoms with Crippen molar-refractivity contribution in [3.63, 3.8) is 0 Å². The van der Waals surface area contributed by atoms with Gasteiger partial charge in [-0.2, -0.15) is 0 Å². The van der Waals surface area contributed by atoms with Crippen molar-refractivity contribution in [1.82, 2.24) is 0 Å². The van der Waals surface area contributed by atoms with Gasteiger partial charge in [0.1, 0.15) is 0 Å². The molecule has 0 aromatic carbocycles. The van der Waals surface area contributed by atoms with Crippen molar-refractivity contribution in [2.24, 2.45) is 0 Å². The van der Waals surface area contributed by atoms with Crippen LogP contribution in [-0.4, -0.2) is 16.5 Å². The molecule has 0 bridgehead atoms. The van der Waals surface area contributed by atoms with Crippen molar-refractivity contribution >= 4 is 15.9 Å². The van der Waals surface area contributed by atoms with Gasteiger partial charge in [0.15, 0.2) is 0 Å². The Hall–Kier alpha value is -0.0800. The number of alkyl halides is 1. The quantitative estimate of drug-likeness (QED) is 0.379. The highest BCUT2D eigenvalue weighted by Gasteiger charge is 1.95. The van der Waals surface area contributed by atoms with Crippen LogP contribution in [0, 0.1) is 0 Å². The van der Waals surface area contributed by atoms with Crippen LogP contribution in [0.2, 0.25) is 0 Å². The number of aliphatic hydroxyl groups excluding tert-OH is 1. The van der Waals surface area contributed by atoms with Crippen molar-refractivity contribution in [2.45, 2.75) is 51.6 Å². The summed E-state index contributed by atoms with van der Waals surface area (Å²) < 4.78 is 0. The minimum atomic E-state index is -0.241. The fourth-order valence-electron chi connectivity index (χ4n) is 1.22. The van der Waals surface area contributed by atoms with Gasteiger partial charge in [0, 0.05) is 5.33 Å². The van der Waals surface area contributed by atoms with E-state index >= 15 is 0 Å². The van der Waals surface area contributed by atoms with Crippen LogP contribution in [0.5, 0.6) is 0 Å². The summed E-state index contributed by atoms with van der Waals surface area (Å²) in [5, 5.41) is 9.90. The maximum absolute atomic E-state index is 9.24. The molecule has 1 nitrogen and oxygen atoms in total. The third-order valence-corrected chi connectivity index (χ3v) is 2.91. The lowest BCUT2D eigenvalue weighted by molar-refractivity contribution is 0.204. The summed E-state index contributed by atoms with van der Waals surface area (Å²) in [5.41, 5.74) is 0. The van der Waals surface area contributed by atoms with Gasteiger partial charge in [-0.3, -0.25) is 0 Å². The predicted molar refractivity (Wildman–Crippen MR) is 71.5 cm³/mol. The Labute approximate surface area is 102 Å². The second-order valence-corrected chi connectivity index (χ2v) is 4.37. The maximum atomic E-state index is 9.24. The van der Waals surface area contributed by atoms with Gasteiger partial charge in [0.2, 0.25) is 0 Å². The van der Waals surface area contributed by atoms with Gasteiger partial charge >= 0.3 is 0 Å². The molecule has 0 aromatic rings. The highest BCUT2D eigenvalue weighted by molar-refractivity contribution is 9.09. The number of halogens is 1. The first-order valence-electron chi connectivity index (χ1n) is 5.85. The molecule has 0 spiro atoms. The second-order valence-electron chi connectivity index (χ2n) is 3.72. The lowest BCUT2D eigenvalue weighted by atomic mass is 10.2. The van der Waals surface area contributed by atoms with Gasteiger partial charge in [-0.05, 0) is 25.7 Å².